The monoisotopic (exact) mass is 293 g/mol. The summed E-state index contributed by atoms with van der Waals surface area (Å²) < 4.78 is 0.929. The molecule has 0 aliphatic carbocycles. The number of carboxylic acid groups (broad SMARTS) is 1. The first-order valence-electron chi connectivity index (χ1n) is 5.14. The lowest BCUT2D eigenvalue weighted by Gasteiger charge is -2.21. The zero-order chi connectivity index (χ0) is 12.6. The summed E-state index contributed by atoms with van der Waals surface area (Å²) in [5.41, 5.74) is 5.11. The molecule has 3 N–H and O–H groups in total. The quantitative estimate of drug-likeness (QED) is 0.895. The number of carboxylic acids is 1. The summed E-state index contributed by atoms with van der Waals surface area (Å²) in [4.78, 5) is 11.2. The van der Waals surface area contributed by atoms with Gasteiger partial charge in [0.05, 0.1) is 0 Å². The van der Waals surface area contributed by atoms with Crippen LogP contribution in [0.3, 0.4) is 0 Å². The average molecular weight is 294 g/mol. The van der Waals surface area contributed by atoms with Crippen LogP contribution in [0.5, 0.6) is 0 Å². The maximum Gasteiger partial charge on any atom is 0.328 e. The van der Waals surface area contributed by atoms with Crippen LogP contribution in [0.1, 0.15) is 12.5 Å². The molecule has 0 saturated carbocycles. The minimum Gasteiger partial charge on any atom is -0.480 e. The largest absolute Gasteiger partial charge is 0.480 e. The van der Waals surface area contributed by atoms with E-state index in [1.165, 1.54) is 6.92 Å². The SMILES string of the molecule is CC(N)(C(=O)O)c1cccc2c(Br)cccc12. The Morgan fingerprint density at radius 3 is 2.47 bits per heavy atom. The maximum absolute atomic E-state index is 11.2. The molecule has 0 amide bonds. The van der Waals surface area contributed by atoms with Gasteiger partial charge in [0.2, 0.25) is 0 Å². The highest BCUT2D eigenvalue weighted by Crippen LogP contribution is 2.31. The molecule has 2 aromatic carbocycles. The van der Waals surface area contributed by atoms with Gasteiger partial charge in [-0.15, -0.1) is 0 Å². The number of carbonyl (C=O) groups is 1. The normalized spacial score (nSPS) is 14.5. The molecule has 2 aromatic rings. The van der Waals surface area contributed by atoms with Gasteiger partial charge in [-0.1, -0.05) is 46.3 Å². The van der Waals surface area contributed by atoms with Crippen LogP contribution in [0.2, 0.25) is 0 Å². The molecule has 17 heavy (non-hydrogen) atoms. The topological polar surface area (TPSA) is 63.3 Å². The first-order valence-corrected chi connectivity index (χ1v) is 5.94. The van der Waals surface area contributed by atoms with Crippen molar-refractivity contribution in [2.75, 3.05) is 0 Å². The molecule has 0 spiro atoms. The summed E-state index contributed by atoms with van der Waals surface area (Å²) in [6.07, 6.45) is 0. The number of halogens is 1. The number of fused-ring (bicyclic) bond motifs is 1. The Morgan fingerprint density at radius 1 is 1.24 bits per heavy atom. The Bertz CT molecular complexity index is 593. The molecular formula is C13H12BrNO2. The molecular weight excluding hydrogens is 282 g/mol. The number of nitrogens with two attached hydrogens (primary N) is 1. The summed E-state index contributed by atoms with van der Waals surface area (Å²) >= 11 is 3.45. The molecule has 0 fully saturated rings. The van der Waals surface area contributed by atoms with E-state index in [-0.39, 0.29) is 0 Å². The van der Waals surface area contributed by atoms with E-state index in [2.05, 4.69) is 15.9 Å². The molecule has 1 atom stereocenters. The second kappa shape index (κ2) is 4.13. The number of hydrogen-bond donors (Lipinski definition) is 2. The second-order valence-electron chi connectivity index (χ2n) is 4.15. The van der Waals surface area contributed by atoms with Crippen molar-refractivity contribution in [3.63, 3.8) is 0 Å². The Hall–Kier alpha value is -1.39. The predicted octanol–water partition coefficient (Wildman–Crippen LogP) is 2.86. The summed E-state index contributed by atoms with van der Waals surface area (Å²) in [6, 6.07) is 11.2. The van der Waals surface area contributed by atoms with Crippen molar-refractivity contribution < 1.29 is 9.90 Å². The standard InChI is InChI=1S/C13H12BrNO2/c1-13(15,12(16)17)10-6-2-5-9-8(10)4-3-7-11(9)14/h2-7H,15H2,1H3,(H,16,17). The van der Waals surface area contributed by atoms with Gasteiger partial charge < -0.3 is 10.8 Å². The number of aliphatic carboxylic acids is 1. The molecule has 0 aromatic heterocycles. The lowest BCUT2D eigenvalue weighted by atomic mass is 9.89. The fourth-order valence-electron chi connectivity index (χ4n) is 1.84. The van der Waals surface area contributed by atoms with E-state index in [0.717, 1.165) is 15.2 Å². The van der Waals surface area contributed by atoms with Gasteiger partial charge in [0.1, 0.15) is 5.54 Å². The van der Waals surface area contributed by atoms with Crippen molar-refractivity contribution in [2.45, 2.75) is 12.5 Å². The predicted molar refractivity (Wildman–Crippen MR) is 70.8 cm³/mol. The van der Waals surface area contributed by atoms with Crippen molar-refractivity contribution in [1.29, 1.82) is 0 Å². The molecule has 88 valence electrons. The van der Waals surface area contributed by atoms with Gasteiger partial charge in [-0.05, 0) is 29.3 Å². The third kappa shape index (κ3) is 1.94. The van der Waals surface area contributed by atoms with Gasteiger partial charge in [-0.25, -0.2) is 4.79 Å². The van der Waals surface area contributed by atoms with E-state index in [9.17, 15) is 9.90 Å². The van der Waals surface area contributed by atoms with Gasteiger partial charge in [0, 0.05) is 4.47 Å². The van der Waals surface area contributed by atoms with Gasteiger partial charge in [0.25, 0.3) is 0 Å². The molecule has 0 saturated heterocycles. The van der Waals surface area contributed by atoms with Crippen LogP contribution in [-0.2, 0) is 10.3 Å². The van der Waals surface area contributed by atoms with Gasteiger partial charge >= 0.3 is 5.97 Å². The average Bonchev–Trinajstić information content (AvgIpc) is 2.28. The van der Waals surface area contributed by atoms with Crippen LogP contribution in [0.15, 0.2) is 40.9 Å². The molecule has 0 aliphatic heterocycles. The Labute approximate surface area is 107 Å². The van der Waals surface area contributed by atoms with Crippen molar-refractivity contribution in [3.8, 4) is 0 Å². The summed E-state index contributed by atoms with van der Waals surface area (Å²) in [7, 11) is 0. The third-order valence-electron chi connectivity index (χ3n) is 2.87. The summed E-state index contributed by atoms with van der Waals surface area (Å²) in [5, 5.41) is 11.0. The Morgan fingerprint density at radius 2 is 1.82 bits per heavy atom. The first-order chi connectivity index (χ1) is 7.94. The van der Waals surface area contributed by atoms with E-state index >= 15 is 0 Å². The van der Waals surface area contributed by atoms with Crippen LogP contribution in [0.4, 0.5) is 0 Å². The molecule has 3 nitrogen and oxygen atoms in total. The third-order valence-corrected chi connectivity index (χ3v) is 3.56. The number of benzene rings is 2. The van der Waals surface area contributed by atoms with Gasteiger partial charge in [0.15, 0.2) is 0 Å². The van der Waals surface area contributed by atoms with E-state index < -0.39 is 11.5 Å². The summed E-state index contributed by atoms with van der Waals surface area (Å²) in [5.74, 6) is -1.04. The second-order valence-corrected chi connectivity index (χ2v) is 5.00. The van der Waals surface area contributed by atoms with Crippen LogP contribution in [0, 0.1) is 0 Å². The van der Waals surface area contributed by atoms with E-state index in [0.29, 0.717) is 5.56 Å². The lowest BCUT2D eigenvalue weighted by Crippen LogP contribution is -2.41. The van der Waals surface area contributed by atoms with E-state index in [1.807, 2.05) is 30.3 Å². The molecule has 0 aliphatic rings. The van der Waals surface area contributed by atoms with Crippen LogP contribution in [0.25, 0.3) is 10.8 Å². The van der Waals surface area contributed by atoms with Gasteiger partial charge in [-0.2, -0.15) is 0 Å². The first kappa shape index (κ1) is 12.1. The fraction of sp³-hybridized carbons (Fsp3) is 0.154. The van der Waals surface area contributed by atoms with E-state index in [1.54, 1.807) is 6.07 Å². The molecule has 4 heteroatoms. The molecule has 0 radical (unpaired) electrons. The molecule has 0 heterocycles. The number of hydrogen-bond acceptors (Lipinski definition) is 2. The van der Waals surface area contributed by atoms with Crippen LogP contribution in [-0.4, -0.2) is 11.1 Å². The Kier molecular flexibility index (Phi) is 2.93. The Balaban J connectivity index is 2.80. The maximum atomic E-state index is 11.2. The van der Waals surface area contributed by atoms with Crippen LogP contribution >= 0.6 is 15.9 Å². The van der Waals surface area contributed by atoms with Crippen molar-refractivity contribution in [3.05, 3.63) is 46.4 Å². The molecule has 0 bridgehead atoms. The zero-order valence-electron chi connectivity index (χ0n) is 9.27. The van der Waals surface area contributed by atoms with Gasteiger partial charge in [-0.3, -0.25) is 0 Å². The van der Waals surface area contributed by atoms with Crippen LogP contribution < -0.4 is 5.73 Å². The minimum absolute atomic E-state index is 0.615. The number of rotatable bonds is 2. The highest BCUT2D eigenvalue weighted by atomic mass is 79.9. The zero-order valence-corrected chi connectivity index (χ0v) is 10.9. The van der Waals surface area contributed by atoms with Crippen molar-refractivity contribution in [1.82, 2.24) is 0 Å². The lowest BCUT2D eigenvalue weighted by molar-refractivity contribution is -0.142. The molecule has 1 unspecified atom stereocenters. The highest BCUT2D eigenvalue weighted by Gasteiger charge is 2.31. The van der Waals surface area contributed by atoms with Crippen molar-refractivity contribution in [2.24, 2.45) is 5.73 Å². The molecule has 2 rings (SSSR count). The highest BCUT2D eigenvalue weighted by molar-refractivity contribution is 9.10. The smallest absolute Gasteiger partial charge is 0.328 e. The van der Waals surface area contributed by atoms with E-state index in [4.69, 9.17) is 5.73 Å². The summed E-state index contributed by atoms with van der Waals surface area (Å²) in [6.45, 7) is 1.50. The van der Waals surface area contributed by atoms with Crippen molar-refractivity contribution >= 4 is 32.7 Å². The minimum atomic E-state index is -1.39. The fourth-order valence-corrected chi connectivity index (χ4v) is 2.34.